The maximum Gasteiger partial charge on any atom is 0.303 e. The van der Waals surface area contributed by atoms with E-state index in [2.05, 4.69) is 24.0 Å². The Labute approximate surface area is 107 Å². The van der Waals surface area contributed by atoms with Crippen molar-refractivity contribution in [3.05, 3.63) is 11.8 Å². The van der Waals surface area contributed by atoms with Gasteiger partial charge < -0.3 is 9.52 Å². The third-order valence-electron chi connectivity index (χ3n) is 3.82. The van der Waals surface area contributed by atoms with E-state index in [-0.39, 0.29) is 11.8 Å². The third-order valence-corrected chi connectivity index (χ3v) is 3.82. The number of carbonyl (C=O) groups is 1. The molecule has 100 valence electrons. The zero-order valence-electron chi connectivity index (χ0n) is 11.0. The molecule has 1 saturated carbocycles. The van der Waals surface area contributed by atoms with Crippen molar-refractivity contribution in [2.45, 2.75) is 58.3 Å². The predicted octanol–water partition coefficient (Wildman–Crippen LogP) is 2.77. The van der Waals surface area contributed by atoms with Crippen LogP contribution in [0.5, 0.6) is 0 Å². The average Bonchev–Trinajstić information content (AvgIpc) is 2.83. The smallest absolute Gasteiger partial charge is 0.303 e. The zero-order chi connectivity index (χ0) is 13.2. The van der Waals surface area contributed by atoms with Crippen LogP contribution in [0.25, 0.3) is 0 Å². The van der Waals surface area contributed by atoms with Crippen LogP contribution in [0.4, 0.5) is 0 Å². The van der Waals surface area contributed by atoms with Crippen LogP contribution in [0.15, 0.2) is 4.42 Å². The van der Waals surface area contributed by atoms with Gasteiger partial charge >= 0.3 is 5.97 Å². The van der Waals surface area contributed by atoms with E-state index in [0.29, 0.717) is 24.7 Å². The second-order valence-electron chi connectivity index (χ2n) is 5.71. The maximum atomic E-state index is 10.4. The minimum Gasteiger partial charge on any atom is -0.481 e. The average molecular weight is 252 g/mol. The number of hydrogen-bond donors (Lipinski definition) is 1. The molecular formula is C13H20N2O3. The molecule has 18 heavy (non-hydrogen) atoms. The molecule has 1 aromatic heterocycles. The molecule has 1 atom stereocenters. The fraction of sp³-hybridized carbons (Fsp3) is 0.769. The molecule has 0 aliphatic heterocycles. The van der Waals surface area contributed by atoms with Crippen LogP contribution in [-0.4, -0.2) is 21.3 Å². The van der Waals surface area contributed by atoms with E-state index in [9.17, 15) is 4.79 Å². The lowest BCUT2D eigenvalue weighted by atomic mass is 9.82. The van der Waals surface area contributed by atoms with Crippen molar-refractivity contribution < 1.29 is 14.3 Å². The number of rotatable bonds is 5. The number of aliphatic carboxylic acids is 1. The summed E-state index contributed by atoms with van der Waals surface area (Å²) in [7, 11) is 0. The molecule has 5 nitrogen and oxygen atoms in total. The highest BCUT2D eigenvalue weighted by Gasteiger charge is 2.38. The van der Waals surface area contributed by atoms with Gasteiger partial charge in [-0.3, -0.25) is 4.79 Å². The summed E-state index contributed by atoms with van der Waals surface area (Å²) in [6, 6.07) is 0. The molecule has 0 aromatic carbocycles. The van der Waals surface area contributed by atoms with E-state index in [4.69, 9.17) is 9.52 Å². The number of nitrogens with zero attached hydrogens (tertiary/aromatic N) is 2. The van der Waals surface area contributed by atoms with Gasteiger partial charge in [-0.05, 0) is 24.7 Å². The van der Waals surface area contributed by atoms with Gasteiger partial charge in [0.25, 0.3) is 0 Å². The predicted molar refractivity (Wildman–Crippen MR) is 65.2 cm³/mol. The fourth-order valence-electron chi connectivity index (χ4n) is 2.68. The van der Waals surface area contributed by atoms with Crippen LogP contribution >= 0.6 is 0 Å². The molecule has 5 heteroatoms. The van der Waals surface area contributed by atoms with Gasteiger partial charge in [0.05, 0.1) is 0 Å². The lowest BCUT2D eigenvalue weighted by Crippen LogP contribution is -2.15. The number of hydrogen-bond acceptors (Lipinski definition) is 4. The minimum atomic E-state index is -0.785. The summed E-state index contributed by atoms with van der Waals surface area (Å²) < 4.78 is 5.67. The van der Waals surface area contributed by atoms with E-state index >= 15 is 0 Å². The van der Waals surface area contributed by atoms with Gasteiger partial charge in [0, 0.05) is 18.8 Å². The number of carboxylic acid groups (broad SMARTS) is 1. The normalized spacial score (nSPS) is 22.2. The van der Waals surface area contributed by atoms with E-state index in [0.717, 1.165) is 12.3 Å². The van der Waals surface area contributed by atoms with Gasteiger partial charge in [-0.15, -0.1) is 10.2 Å². The number of carboxylic acids is 1. The summed E-state index contributed by atoms with van der Waals surface area (Å²) in [4.78, 5) is 10.4. The van der Waals surface area contributed by atoms with Crippen molar-refractivity contribution >= 4 is 5.97 Å². The van der Waals surface area contributed by atoms with Crippen LogP contribution in [0.1, 0.15) is 63.7 Å². The topological polar surface area (TPSA) is 76.2 Å². The summed E-state index contributed by atoms with van der Waals surface area (Å²) in [5.74, 6) is 0.849. The Hall–Kier alpha value is -1.39. The lowest BCUT2D eigenvalue weighted by Gasteiger charge is -2.23. The maximum absolute atomic E-state index is 10.4. The van der Waals surface area contributed by atoms with E-state index < -0.39 is 5.97 Å². The van der Waals surface area contributed by atoms with Gasteiger partial charge in [0.2, 0.25) is 11.8 Å². The summed E-state index contributed by atoms with van der Waals surface area (Å²) >= 11 is 0. The molecule has 1 aromatic rings. The number of aromatic nitrogens is 2. The first-order valence-electron chi connectivity index (χ1n) is 6.53. The summed E-state index contributed by atoms with van der Waals surface area (Å²) in [5.41, 5.74) is 0.227. The summed E-state index contributed by atoms with van der Waals surface area (Å²) in [6.45, 7) is 4.47. The first-order chi connectivity index (χ1) is 8.49. The quantitative estimate of drug-likeness (QED) is 0.872. The molecule has 0 amide bonds. The van der Waals surface area contributed by atoms with E-state index in [1.54, 1.807) is 0 Å². The highest BCUT2D eigenvalue weighted by molar-refractivity contribution is 5.66. The van der Waals surface area contributed by atoms with Crippen LogP contribution in [0.2, 0.25) is 0 Å². The summed E-state index contributed by atoms with van der Waals surface area (Å²) in [6.07, 6.45) is 4.73. The van der Waals surface area contributed by atoms with Crippen molar-refractivity contribution in [2.24, 2.45) is 5.41 Å². The van der Waals surface area contributed by atoms with Crippen LogP contribution < -0.4 is 0 Å². The Morgan fingerprint density at radius 3 is 2.89 bits per heavy atom. The first kappa shape index (κ1) is 13.1. The molecule has 1 fully saturated rings. The Morgan fingerprint density at radius 1 is 1.50 bits per heavy atom. The standard InChI is InChI=1S/C13H20N2O3/c1-13(2)8-4-5-9(13)12-15-14-10(18-12)6-3-7-11(16)17/h9H,3-8H2,1-2H3,(H,16,17). The highest BCUT2D eigenvalue weighted by atomic mass is 16.4. The fourth-order valence-corrected chi connectivity index (χ4v) is 2.68. The Kier molecular flexibility index (Phi) is 3.68. The first-order valence-corrected chi connectivity index (χ1v) is 6.53. The molecule has 1 N–H and O–H groups in total. The molecule has 1 heterocycles. The van der Waals surface area contributed by atoms with Gasteiger partial charge in [-0.1, -0.05) is 20.3 Å². The zero-order valence-corrected chi connectivity index (χ0v) is 11.0. The molecule has 1 unspecified atom stereocenters. The van der Waals surface area contributed by atoms with Crippen molar-refractivity contribution in [3.63, 3.8) is 0 Å². The van der Waals surface area contributed by atoms with Crippen LogP contribution in [0, 0.1) is 5.41 Å². The SMILES string of the molecule is CC1(C)CCCC1c1nnc(CCCC(=O)O)o1. The minimum absolute atomic E-state index is 0.145. The van der Waals surface area contributed by atoms with Gasteiger partial charge in [0.1, 0.15) is 0 Å². The molecule has 0 saturated heterocycles. The molecule has 0 bridgehead atoms. The molecular weight excluding hydrogens is 232 g/mol. The molecule has 1 aliphatic rings. The second-order valence-corrected chi connectivity index (χ2v) is 5.71. The van der Waals surface area contributed by atoms with Crippen molar-refractivity contribution in [1.29, 1.82) is 0 Å². The Morgan fingerprint density at radius 2 is 2.28 bits per heavy atom. The van der Waals surface area contributed by atoms with Gasteiger partial charge in [-0.2, -0.15) is 0 Å². The van der Waals surface area contributed by atoms with E-state index in [1.807, 2.05) is 0 Å². The lowest BCUT2D eigenvalue weighted by molar-refractivity contribution is -0.137. The van der Waals surface area contributed by atoms with Crippen molar-refractivity contribution in [3.8, 4) is 0 Å². The molecule has 0 radical (unpaired) electrons. The summed E-state index contributed by atoms with van der Waals surface area (Å²) in [5, 5.41) is 16.7. The molecule has 1 aliphatic carbocycles. The van der Waals surface area contributed by atoms with Crippen molar-refractivity contribution in [2.75, 3.05) is 0 Å². The van der Waals surface area contributed by atoms with Gasteiger partial charge in [-0.25, -0.2) is 0 Å². The van der Waals surface area contributed by atoms with Crippen molar-refractivity contribution in [1.82, 2.24) is 10.2 Å². The van der Waals surface area contributed by atoms with E-state index in [1.165, 1.54) is 12.8 Å². The third kappa shape index (κ3) is 2.89. The van der Waals surface area contributed by atoms with Crippen LogP contribution in [0.3, 0.4) is 0 Å². The molecule has 0 spiro atoms. The highest BCUT2D eigenvalue weighted by Crippen LogP contribution is 2.48. The molecule has 2 rings (SSSR count). The Bertz CT molecular complexity index is 426. The largest absolute Gasteiger partial charge is 0.481 e. The second kappa shape index (κ2) is 5.08. The monoisotopic (exact) mass is 252 g/mol. The van der Waals surface area contributed by atoms with Crippen LogP contribution in [-0.2, 0) is 11.2 Å². The Balaban J connectivity index is 1.95. The van der Waals surface area contributed by atoms with Gasteiger partial charge in [0.15, 0.2) is 0 Å². The number of aryl methyl sites for hydroxylation is 1.